The molecule has 3 heteroatoms. The molecule has 0 bridgehead atoms. The minimum atomic E-state index is -0.504. The van der Waals surface area contributed by atoms with E-state index in [2.05, 4.69) is 18.7 Å². The van der Waals surface area contributed by atoms with Gasteiger partial charge in [-0.25, -0.2) is 0 Å². The summed E-state index contributed by atoms with van der Waals surface area (Å²) >= 11 is 3.95. The van der Waals surface area contributed by atoms with Crippen molar-refractivity contribution in [3.8, 4) is 0 Å². The maximum atomic E-state index is 11.4. The third kappa shape index (κ3) is 2.09. The van der Waals surface area contributed by atoms with E-state index in [0.29, 0.717) is 11.3 Å². The number of thiol groups is 1. The molecule has 1 rings (SSSR count). The van der Waals surface area contributed by atoms with Crippen LogP contribution in [0.15, 0.2) is 24.3 Å². The average Bonchev–Trinajstić information content (AvgIpc) is 2.17. The molecule has 2 nitrogen and oxygen atoms in total. The van der Waals surface area contributed by atoms with Gasteiger partial charge in [-0.05, 0) is 6.07 Å². The van der Waals surface area contributed by atoms with Crippen molar-refractivity contribution in [2.45, 2.75) is 6.04 Å². The third-order valence-electron chi connectivity index (χ3n) is 1.54. The van der Waals surface area contributed by atoms with Crippen LogP contribution in [-0.4, -0.2) is 17.6 Å². The van der Waals surface area contributed by atoms with E-state index in [1.54, 1.807) is 24.3 Å². The first kappa shape index (κ1) is 9.29. The zero-order valence-corrected chi connectivity index (χ0v) is 7.42. The predicted molar refractivity (Wildman–Crippen MR) is 51.4 cm³/mol. The van der Waals surface area contributed by atoms with Crippen LogP contribution in [0.2, 0.25) is 0 Å². The molecule has 0 aliphatic carbocycles. The van der Waals surface area contributed by atoms with Crippen molar-refractivity contribution in [2.24, 2.45) is 5.73 Å². The van der Waals surface area contributed by atoms with Crippen LogP contribution in [0.5, 0.6) is 0 Å². The number of benzene rings is 1. The van der Waals surface area contributed by atoms with Gasteiger partial charge in [0.1, 0.15) is 0 Å². The molecule has 1 aromatic rings. The smallest absolute Gasteiger partial charge is 0.180 e. The highest BCUT2D eigenvalue weighted by Crippen LogP contribution is 2.02. The maximum absolute atomic E-state index is 11.4. The third-order valence-corrected chi connectivity index (χ3v) is 1.93. The van der Waals surface area contributed by atoms with Crippen LogP contribution in [0.4, 0.5) is 0 Å². The highest BCUT2D eigenvalue weighted by atomic mass is 32.1. The number of hydrogen-bond acceptors (Lipinski definition) is 3. The van der Waals surface area contributed by atoms with Crippen LogP contribution in [0, 0.1) is 6.07 Å². The van der Waals surface area contributed by atoms with E-state index in [1.807, 2.05) is 0 Å². The molecule has 0 saturated heterocycles. The molecule has 2 N–H and O–H groups in total. The molecule has 0 aliphatic rings. The van der Waals surface area contributed by atoms with E-state index in [4.69, 9.17) is 5.73 Å². The van der Waals surface area contributed by atoms with Crippen molar-refractivity contribution in [1.29, 1.82) is 0 Å². The molecule has 63 valence electrons. The zero-order chi connectivity index (χ0) is 8.97. The molecule has 1 aromatic carbocycles. The lowest BCUT2D eigenvalue weighted by Gasteiger charge is -2.05. The molecular formula is C9H10NOS. The summed E-state index contributed by atoms with van der Waals surface area (Å²) in [6, 6.07) is 9.11. The molecule has 12 heavy (non-hydrogen) atoms. The van der Waals surface area contributed by atoms with Crippen molar-refractivity contribution in [3.63, 3.8) is 0 Å². The largest absolute Gasteiger partial charge is 0.321 e. The van der Waals surface area contributed by atoms with E-state index in [9.17, 15) is 4.79 Å². The second kappa shape index (κ2) is 4.28. The van der Waals surface area contributed by atoms with Gasteiger partial charge in [-0.3, -0.25) is 4.79 Å². The second-order valence-corrected chi connectivity index (χ2v) is 2.81. The van der Waals surface area contributed by atoms with Crippen molar-refractivity contribution < 1.29 is 4.79 Å². The Kier molecular flexibility index (Phi) is 3.31. The van der Waals surface area contributed by atoms with Gasteiger partial charge < -0.3 is 5.73 Å². The Morgan fingerprint density at radius 3 is 2.67 bits per heavy atom. The van der Waals surface area contributed by atoms with E-state index >= 15 is 0 Å². The van der Waals surface area contributed by atoms with E-state index in [1.165, 1.54) is 0 Å². The molecule has 0 unspecified atom stereocenters. The van der Waals surface area contributed by atoms with Gasteiger partial charge in [0.15, 0.2) is 5.78 Å². The molecule has 0 aromatic heterocycles. The first-order chi connectivity index (χ1) is 5.75. The normalized spacial score (nSPS) is 12.5. The summed E-state index contributed by atoms with van der Waals surface area (Å²) in [5.41, 5.74) is 6.13. The summed E-state index contributed by atoms with van der Waals surface area (Å²) in [6.45, 7) is 0. The van der Waals surface area contributed by atoms with Gasteiger partial charge in [-0.15, -0.1) is 0 Å². The van der Waals surface area contributed by atoms with E-state index < -0.39 is 6.04 Å². The lowest BCUT2D eigenvalue weighted by atomic mass is 10.1. The molecular weight excluding hydrogens is 170 g/mol. The number of nitrogens with two attached hydrogens (primary N) is 1. The highest BCUT2D eigenvalue weighted by Gasteiger charge is 2.12. The van der Waals surface area contributed by atoms with Gasteiger partial charge in [0, 0.05) is 11.3 Å². The van der Waals surface area contributed by atoms with Crippen LogP contribution >= 0.6 is 12.6 Å². The Labute approximate surface area is 77.2 Å². The average molecular weight is 180 g/mol. The summed E-state index contributed by atoms with van der Waals surface area (Å²) in [7, 11) is 0. The Hall–Kier alpha value is -0.800. The first-order valence-electron chi connectivity index (χ1n) is 3.62. The lowest BCUT2D eigenvalue weighted by molar-refractivity contribution is 0.0970. The van der Waals surface area contributed by atoms with Crippen molar-refractivity contribution in [3.05, 3.63) is 35.9 Å². The minimum Gasteiger partial charge on any atom is -0.321 e. The number of Topliss-reactive ketones (excluding diaryl/α,β-unsaturated/α-hetero) is 1. The van der Waals surface area contributed by atoms with Crippen molar-refractivity contribution in [2.75, 3.05) is 5.75 Å². The standard InChI is InChI=1S/C9H10NOS/c10-8(6-12)9(11)7-4-2-1-3-5-7/h2-5,8,12H,6,10H2/t8-/m0/s1. The number of carbonyl (C=O) groups excluding carboxylic acids is 1. The van der Waals surface area contributed by atoms with E-state index in [0.717, 1.165) is 0 Å². The van der Waals surface area contributed by atoms with Crippen molar-refractivity contribution in [1.82, 2.24) is 0 Å². The van der Waals surface area contributed by atoms with Gasteiger partial charge in [0.2, 0.25) is 0 Å². The zero-order valence-electron chi connectivity index (χ0n) is 6.53. The quantitative estimate of drug-likeness (QED) is 0.536. The van der Waals surface area contributed by atoms with Gasteiger partial charge in [0.05, 0.1) is 6.04 Å². The van der Waals surface area contributed by atoms with Gasteiger partial charge in [0.25, 0.3) is 0 Å². The van der Waals surface area contributed by atoms with Gasteiger partial charge in [-0.1, -0.05) is 24.3 Å². The monoisotopic (exact) mass is 180 g/mol. The molecule has 1 atom stereocenters. The fourth-order valence-corrected chi connectivity index (χ4v) is 1.01. The Bertz CT molecular complexity index is 260. The highest BCUT2D eigenvalue weighted by molar-refractivity contribution is 7.80. The number of carbonyl (C=O) groups is 1. The predicted octanol–water partition coefficient (Wildman–Crippen LogP) is 0.927. The Balaban J connectivity index is 2.79. The van der Waals surface area contributed by atoms with Crippen LogP contribution < -0.4 is 5.73 Å². The van der Waals surface area contributed by atoms with Gasteiger partial charge >= 0.3 is 0 Å². The summed E-state index contributed by atoms with van der Waals surface area (Å²) in [5.74, 6) is 0.302. The number of hydrogen-bond donors (Lipinski definition) is 2. The van der Waals surface area contributed by atoms with Crippen LogP contribution in [0.3, 0.4) is 0 Å². The van der Waals surface area contributed by atoms with Crippen LogP contribution in [0.25, 0.3) is 0 Å². The lowest BCUT2D eigenvalue weighted by Crippen LogP contribution is -2.32. The fraction of sp³-hybridized carbons (Fsp3) is 0.222. The topological polar surface area (TPSA) is 43.1 Å². The molecule has 0 aliphatic heterocycles. The Morgan fingerprint density at radius 2 is 2.17 bits per heavy atom. The van der Waals surface area contributed by atoms with Crippen LogP contribution in [0.1, 0.15) is 10.4 Å². The number of rotatable bonds is 3. The SMILES string of the molecule is N[C@@H](CS)C(=O)c1cc[c]cc1. The summed E-state index contributed by atoms with van der Waals surface area (Å²) < 4.78 is 0. The number of ketones is 1. The molecule has 1 radical (unpaired) electrons. The fourth-order valence-electron chi connectivity index (χ4n) is 0.848. The summed E-state index contributed by atoms with van der Waals surface area (Å²) in [4.78, 5) is 11.4. The molecule has 0 amide bonds. The minimum absolute atomic E-state index is 0.0704. The first-order valence-corrected chi connectivity index (χ1v) is 4.25. The summed E-state index contributed by atoms with van der Waals surface area (Å²) in [5, 5.41) is 0. The van der Waals surface area contributed by atoms with Crippen molar-refractivity contribution >= 4 is 18.4 Å². The van der Waals surface area contributed by atoms with Crippen LogP contribution in [-0.2, 0) is 0 Å². The Morgan fingerprint density at radius 1 is 1.58 bits per heavy atom. The second-order valence-electron chi connectivity index (χ2n) is 2.44. The maximum Gasteiger partial charge on any atom is 0.180 e. The molecule has 0 spiro atoms. The van der Waals surface area contributed by atoms with E-state index in [-0.39, 0.29) is 5.78 Å². The summed E-state index contributed by atoms with van der Waals surface area (Å²) in [6.07, 6.45) is 0. The molecule has 0 heterocycles. The van der Waals surface area contributed by atoms with Gasteiger partial charge in [-0.2, -0.15) is 12.6 Å². The molecule has 0 fully saturated rings. The molecule has 0 saturated carbocycles.